The first-order chi connectivity index (χ1) is 9.65. The molecule has 1 aliphatic rings. The number of fused-ring (bicyclic) bond motifs is 1. The number of alkyl halides is 1. The molecule has 0 saturated carbocycles. The molecule has 1 aliphatic heterocycles. The molecule has 20 heavy (non-hydrogen) atoms. The van der Waals surface area contributed by atoms with Gasteiger partial charge in [0.15, 0.2) is 5.60 Å². The minimum Gasteiger partial charge on any atom is -0.431 e. The van der Waals surface area contributed by atoms with Crippen LogP contribution >= 0.6 is 23.2 Å². The van der Waals surface area contributed by atoms with Gasteiger partial charge in [-0.2, -0.15) is 0 Å². The van der Waals surface area contributed by atoms with Gasteiger partial charge in [0.05, 0.1) is 11.6 Å². The molecule has 0 bridgehead atoms. The summed E-state index contributed by atoms with van der Waals surface area (Å²) < 4.78 is 5.55. The third-order valence-corrected chi connectivity index (χ3v) is 3.99. The molecule has 3 rings (SSSR count). The topological polar surface area (TPSA) is 38.3 Å². The van der Waals surface area contributed by atoms with E-state index in [-0.39, 0.29) is 5.88 Å². The van der Waals surface area contributed by atoms with E-state index in [1.54, 1.807) is 12.1 Å². The maximum atomic E-state index is 11.8. The summed E-state index contributed by atoms with van der Waals surface area (Å²) in [6.07, 6.45) is -0.515. The van der Waals surface area contributed by atoms with Crippen LogP contribution in [0.2, 0.25) is 5.02 Å². The maximum Gasteiger partial charge on any atom is 0.412 e. The Kier molecular flexibility index (Phi) is 3.32. The zero-order chi connectivity index (χ0) is 14.2. The normalized spacial score (nSPS) is 20.8. The Morgan fingerprint density at radius 3 is 2.50 bits per heavy atom. The lowest BCUT2D eigenvalue weighted by molar-refractivity contribution is 0.0611. The molecule has 0 aliphatic carbocycles. The average Bonchev–Trinajstić information content (AvgIpc) is 2.47. The molecule has 2 aromatic carbocycles. The lowest BCUT2D eigenvalue weighted by Crippen LogP contribution is -2.42. The van der Waals surface area contributed by atoms with Crippen molar-refractivity contribution in [3.8, 4) is 0 Å². The molecule has 3 nitrogen and oxygen atoms in total. The van der Waals surface area contributed by atoms with Gasteiger partial charge in [0, 0.05) is 16.1 Å². The van der Waals surface area contributed by atoms with Gasteiger partial charge in [-0.3, -0.25) is 5.32 Å². The number of hydrogen-bond donors (Lipinski definition) is 1. The van der Waals surface area contributed by atoms with Crippen LogP contribution in [0.4, 0.5) is 10.5 Å². The summed E-state index contributed by atoms with van der Waals surface area (Å²) in [5, 5.41) is 3.30. The van der Waals surface area contributed by atoms with Gasteiger partial charge in [-0.1, -0.05) is 41.9 Å². The minimum absolute atomic E-state index is 0.124. The molecule has 1 heterocycles. The zero-order valence-electron chi connectivity index (χ0n) is 10.4. The predicted molar refractivity (Wildman–Crippen MR) is 79.5 cm³/mol. The van der Waals surface area contributed by atoms with E-state index in [1.165, 1.54) is 0 Å². The number of rotatable bonds is 2. The van der Waals surface area contributed by atoms with Crippen LogP contribution in [0.15, 0.2) is 48.5 Å². The van der Waals surface area contributed by atoms with Gasteiger partial charge < -0.3 is 4.74 Å². The summed E-state index contributed by atoms with van der Waals surface area (Å²) in [5.74, 6) is 0.124. The molecular weight excluding hydrogens is 297 g/mol. The van der Waals surface area contributed by atoms with Crippen LogP contribution in [-0.4, -0.2) is 12.0 Å². The molecule has 5 heteroatoms. The van der Waals surface area contributed by atoms with Gasteiger partial charge in [-0.05, 0) is 18.2 Å². The third-order valence-electron chi connectivity index (χ3n) is 3.36. The highest BCUT2D eigenvalue weighted by molar-refractivity contribution is 6.30. The summed E-state index contributed by atoms with van der Waals surface area (Å²) in [4.78, 5) is 11.8. The highest BCUT2D eigenvalue weighted by atomic mass is 35.5. The molecule has 0 aromatic heterocycles. The van der Waals surface area contributed by atoms with Crippen molar-refractivity contribution in [3.05, 3.63) is 64.7 Å². The highest BCUT2D eigenvalue weighted by Crippen LogP contribution is 2.42. The molecule has 102 valence electrons. The first kappa shape index (κ1) is 13.3. The van der Waals surface area contributed by atoms with Crippen molar-refractivity contribution in [1.29, 1.82) is 0 Å². The van der Waals surface area contributed by atoms with Crippen LogP contribution in [0.3, 0.4) is 0 Å². The number of carbonyl (C=O) groups excluding carboxylic acids is 1. The van der Waals surface area contributed by atoms with E-state index in [0.29, 0.717) is 10.7 Å². The first-order valence-corrected chi connectivity index (χ1v) is 6.98. The second-order valence-electron chi connectivity index (χ2n) is 4.53. The summed E-state index contributed by atoms with van der Waals surface area (Å²) in [7, 11) is 0. The number of amides is 1. The number of hydrogen-bond acceptors (Lipinski definition) is 2. The number of benzene rings is 2. The van der Waals surface area contributed by atoms with E-state index in [1.807, 2.05) is 36.4 Å². The zero-order valence-corrected chi connectivity index (χ0v) is 11.9. The van der Waals surface area contributed by atoms with Crippen molar-refractivity contribution in [2.24, 2.45) is 0 Å². The van der Waals surface area contributed by atoms with Crippen LogP contribution in [0.1, 0.15) is 11.1 Å². The molecule has 0 fully saturated rings. The van der Waals surface area contributed by atoms with Gasteiger partial charge in [0.25, 0.3) is 0 Å². The molecule has 1 N–H and O–H groups in total. The van der Waals surface area contributed by atoms with Crippen LogP contribution in [0, 0.1) is 0 Å². The van der Waals surface area contributed by atoms with Gasteiger partial charge >= 0.3 is 6.09 Å². The van der Waals surface area contributed by atoms with E-state index < -0.39 is 11.7 Å². The van der Waals surface area contributed by atoms with Crippen molar-refractivity contribution in [1.82, 2.24) is 0 Å². The predicted octanol–water partition coefficient (Wildman–Crippen LogP) is 4.38. The van der Waals surface area contributed by atoms with Gasteiger partial charge in [-0.25, -0.2) is 4.79 Å². The Balaban J connectivity index is 2.22. The lowest BCUT2D eigenvalue weighted by atomic mass is 9.86. The minimum atomic E-state index is -0.995. The van der Waals surface area contributed by atoms with E-state index in [0.717, 1.165) is 11.1 Å². The fraction of sp³-hybridized carbons (Fsp3) is 0.133. The molecule has 1 amide bonds. The average molecular weight is 308 g/mol. The number of halogens is 2. The molecule has 0 spiro atoms. The Bertz CT molecular complexity index is 657. The Morgan fingerprint density at radius 2 is 1.80 bits per heavy atom. The van der Waals surface area contributed by atoms with Crippen molar-refractivity contribution in [2.45, 2.75) is 5.60 Å². The van der Waals surface area contributed by atoms with E-state index >= 15 is 0 Å². The quantitative estimate of drug-likeness (QED) is 0.836. The molecule has 2 aromatic rings. The first-order valence-electron chi connectivity index (χ1n) is 6.07. The highest BCUT2D eigenvalue weighted by Gasteiger charge is 2.43. The monoisotopic (exact) mass is 307 g/mol. The van der Waals surface area contributed by atoms with Gasteiger partial charge in [0.1, 0.15) is 0 Å². The van der Waals surface area contributed by atoms with Crippen molar-refractivity contribution in [3.63, 3.8) is 0 Å². The van der Waals surface area contributed by atoms with Crippen LogP contribution in [-0.2, 0) is 10.3 Å². The maximum absolute atomic E-state index is 11.8. The number of anilines is 1. The molecule has 1 atom stereocenters. The van der Waals surface area contributed by atoms with Crippen LogP contribution in [0.25, 0.3) is 0 Å². The molecule has 0 saturated heterocycles. The smallest absolute Gasteiger partial charge is 0.412 e. The van der Waals surface area contributed by atoms with Crippen molar-refractivity contribution >= 4 is 35.0 Å². The second kappa shape index (κ2) is 5.00. The van der Waals surface area contributed by atoms with E-state index in [2.05, 4.69) is 5.32 Å². The SMILES string of the molecule is O=C1Nc2ccccc2[C@](CCl)(c2ccc(Cl)cc2)O1. The Labute approximate surface area is 126 Å². The number of carbonyl (C=O) groups is 1. The summed E-state index contributed by atoms with van der Waals surface area (Å²) >= 11 is 12.1. The van der Waals surface area contributed by atoms with Gasteiger partial charge in [-0.15, -0.1) is 11.6 Å². The Hall–Kier alpha value is -1.71. The summed E-state index contributed by atoms with van der Waals surface area (Å²) in [6.45, 7) is 0. The Morgan fingerprint density at radius 1 is 1.10 bits per heavy atom. The third kappa shape index (κ3) is 2.03. The summed E-state index contributed by atoms with van der Waals surface area (Å²) in [6, 6.07) is 14.6. The molecule has 0 unspecified atom stereocenters. The number of cyclic esters (lactones) is 1. The molecular formula is C15H11Cl2NO2. The van der Waals surface area contributed by atoms with Crippen molar-refractivity contribution < 1.29 is 9.53 Å². The lowest BCUT2D eigenvalue weighted by Gasteiger charge is -2.37. The fourth-order valence-electron chi connectivity index (χ4n) is 2.40. The standard InChI is InChI=1S/C15H11Cl2NO2/c16-9-15(10-5-7-11(17)8-6-10)12-3-1-2-4-13(12)18-14(19)20-15/h1-8H,9H2,(H,18,19)/t15-/m0/s1. The second-order valence-corrected chi connectivity index (χ2v) is 5.23. The van der Waals surface area contributed by atoms with Crippen LogP contribution in [0.5, 0.6) is 0 Å². The van der Waals surface area contributed by atoms with Crippen molar-refractivity contribution in [2.75, 3.05) is 11.2 Å². The van der Waals surface area contributed by atoms with E-state index in [4.69, 9.17) is 27.9 Å². The largest absolute Gasteiger partial charge is 0.431 e. The molecule has 0 radical (unpaired) electrons. The van der Waals surface area contributed by atoms with Crippen LogP contribution < -0.4 is 5.32 Å². The van der Waals surface area contributed by atoms with E-state index in [9.17, 15) is 4.79 Å². The summed E-state index contributed by atoms with van der Waals surface area (Å²) in [5.41, 5.74) is 1.33. The fourth-order valence-corrected chi connectivity index (χ4v) is 2.88. The number of nitrogens with one attached hydrogen (secondary N) is 1. The number of ether oxygens (including phenoxy) is 1. The van der Waals surface area contributed by atoms with Gasteiger partial charge in [0.2, 0.25) is 0 Å². The number of para-hydroxylation sites is 1.